The van der Waals surface area contributed by atoms with Crippen LogP contribution in [0.1, 0.15) is 5.56 Å². The second-order valence-electron chi connectivity index (χ2n) is 3.24. The Labute approximate surface area is 92.7 Å². The van der Waals surface area contributed by atoms with Crippen LogP contribution in [0.3, 0.4) is 0 Å². The van der Waals surface area contributed by atoms with E-state index in [0.717, 1.165) is 21.2 Å². The molecule has 0 radical (unpaired) electrons. The number of nitrogens with two attached hydrogens (primary N) is 1. The summed E-state index contributed by atoms with van der Waals surface area (Å²) in [6, 6.07) is 9.72. The predicted octanol–water partition coefficient (Wildman–Crippen LogP) is 2.52. The fourth-order valence-electron chi connectivity index (χ4n) is 1.14. The van der Waals surface area contributed by atoms with Crippen LogP contribution in [0.15, 0.2) is 46.5 Å². The molecule has 0 unspecified atom stereocenters. The van der Waals surface area contributed by atoms with Gasteiger partial charge in [-0.2, -0.15) is 5.10 Å². The molecule has 0 aliphatic carbocycles. The minimum absolute atomic E-state index is 0.773. The number of nitrogen functional groups attached to an aromatic ring is 1. The fraction of sp³-hybridized carbons (Fsp3) is 0.0909. The van der Waals surface area contributed by atoms with Crippen molar-refractivity contribution < 1.29 is 0 Å². The Kier molecular flexibility index (Phi) is 2.87. The number of aryl methyl sites for hydroxylation is 1. The molecule has 2 aromatic rings. The Bertz CT molecular complexity index is 454. The molecule has 0 atom stereocenters. The molecule has 0 saturated carbocycles. The summed E-state index contributed by atoms with van der Waals surface area (Å²) in [7, 11) is 0. The highest BCUT2D eigenvalue weighted by atomic mass is 32.2. The maximum absolute atomic E-state index is 5.61. The van der Waals surface area contributed by atoms with Crippen molar-refractivity contribution in [1.29, 1.82) is 0 Å². The average molecular weight is 217 g/mol. The molecule has 1 heterocycles. The first kappa shape index (κ1) is 9.98. The van der Waals surface area contributed by atoms with E-state index < -0.39 is 0 Å². The summed E-state index contributed by atoms with van der Waals surface area (Å²) in [5.41, 5.74) is 7.49. The topological polar surface area (TPSA) is 51.8 Å². The van der Waals surface area contributed by atoms with E-state index in [1.165, 1.54) is 0 Å². The van der Waals surface area contributed by atoms with Crippen molar-refractivity contribution in [1.82, 2.24) is 10.2 Å². The molecule has 0 fully saturated rings. The third-order valence-corrected chi connectivity index (χ3v) is 2.79. The smallest absolute Gasteiger partial charge is 0.124 e. The zero-order valence-corrected chi connectivity index (χ0v) is 9.16. The standard InChI is InChI=1S/C11H11N3S/c1-8-6-11(14-13-7-8)15-10-4-2-9(12)3-5-10/h2-7H,12H2,1H3. The second kappa shape index (κ2) is 4.31. The van der Waals surface area contributed by atoms with Crippen molar-refractivity contribution in [3.8, 4) is 0 Å². The van der Waals surface area contributed by atoms with Gasteiger partial charge in [-0.1, -0.05) is 11.8 Å². The molecule has 3 nitrogen and oxygen atoms in total. The first-order valence-corrected chi connectivity index (χ1v) is 5.38. The number of benzene rings is 1. The first-order chi connectivity index (χ1) is 7.24. The van der Waals surface area contributed by atoms with E-state index in [1.54, 1.807) is 18.0 Å². The van der Waals surface area contributed by atoms with E-state index in [9.17, 15) is 0 Å². The molecule has 15 heavy (non-hydrogen) atoms. The predicted molar refractivity (Wildman–Crippen MR) is 61.7 cm³/mol. The second-order valence-corrected chi connectivity index (χ2v) is 4.34. The Hall–Kier alpha value is -1.55. The van der Waals surface area contributed by atoms with Gasteiger partial charge in [0, 0.05) is 10.6 Å². The molecule has 0 saturated heterocycles. The van der Waals surface area contributed by atoms with Gasteiger partial charge in [0.1, 0.15) is 5.03 Å². The Morgan fingerprint density at radius 3 is 2.60 bits per heavy atom. The Balaban J connectivity index is 2.18. The van der Waals surface area contributed by atoms with E-state index >= 15 is 0 Å². The summed E-state index contributed by atoms with van der Waals surface area (Å²) in [6.45, 7) is 2.00. The summed E-state index contributed by atoms with van der Waals surface area (Å²) in [5, 5.41) is 8.84. The zero-order valence-electron chi connectivity index (χ0n) is 8.34. The van der Waals surface area contributed by atoms with Crippen molar-refractivity contribution in [2.75, 3.05) is 5.73 Å². The lowest BCUT2D eigenvalue weighted by atomic mass is 10.3. The van der Waals surface area contributed by atoms with Crippen LogP contribution in [-0.4, -0.2) is 10.2 Å². The van der Waals surface area contributed by atoms with Crippen LogP contribution >= 0.6 is 11.8 Å². The van der Waals surface area contributed by atoms with Crippen molar-refractivity contribution in [2.24, 2.45) is 0 Å². The van der Waals surface area contributed by atoms with Crippen molar-refractivity contribution in [2.45, 2.75) is 16.8 Å². The lowest BCUT2D eigenvalue weighted by Crippen LogP contribution is -1.86. The first-order valence-electron chi connectivity index (χ1n) is 4.57. The number of hydrogen-bond acceptors (Lipinski definition) is 4. The van der Waals surface area contributed by atoms with E-state index in [4.69, 9.17) is 5.73 Å². The highest BCUT2D eigenvalue weighted by Crippen LogP contribution is 2.26. The lowest BCUT2D eigenvalue weighted by Gasteiger charge is -2.00. The van der Waals surface area contributed by atoms with Crippen LogP contribution in [-0.2, 0) is 0 Å². The number of nitrogens with zero attached hydrogens (tertiary/aromatic N) is 2. The molecule has 1 aromatic heterocycles. The molecule has 2 rings (SSSR count). The van der Waals surface area contributed by atoms with Crippen LogP contribution in [0.2, 0.25) is 0 Å². The number of aromatic nitrogens is 2. The highest BCUT2D eigenvalue weighted by molar-refractivity contribution is 7.99. The van der Waals surface area contributed by atoms with Crippen molar-refractivity contribution in [3.05, 3.63) is 42.1 Å². The summed E-state index contributed by atoms with van der Waals surface area (Å²) in [4.78, 5) is 1.11. The van der Waals surface area contributed by atoms with Gasteiger partial charge in [0.05, 0.1) is 6.20 Å². The van der Waals surface area contributed by atoms with Crippen LogP contribution < -0.4 is 5.73 Å². The van der Waals surface area contributed by atoms with E-state index in [-0.39, 0.29) is 0 Å². The molecular formula is C11H11N3S. The van der Waals surface area contributed by atoms with Gasteiger partial charge in [-0.15, -0.1) is 5.10 Å². The largest absolute Gasteiger partial charge is 0.399 e. The fourth-order valence-corrected chi connectivity index (χ4v) is 1.99. The molecule has 0 amide bonds. The van der Waals surface area contributed by atoms with Gasteiger partial charge >= 0.3 is 0 Å². The summed E-state index contributed by atoms with van der Waals surface area (Å²) in [6.07, 6.45) is 1.74. The van der Waals surface area contributed by atoms with E-state index in [0.29, 0.717) is 0 Å². The third-order valence-electron chi connectivity index (χ3n) is 1.87. The van der Waals surface area contributed by atoms with Crippen LogP contribution in [0.25, 0.3) is 0 Å². The summed E-state index contributed by atoms with van der Waals surface area (Å²) < 4.78 is 0. The van der Waals surface area contributed by atoms with Crippen LogP contribution in [0.4, 0.5) is 5.69 Å². The quantitative estimate of drug-likeness (QED) is 0.785. The van der Waals surface area contributed by atoms with Gasteiger partial charge in [-0.25, -0.2) is 0 Å². The Morgan fingerprint density at radius 1 is 1.20 bits per heavy atom. The van der Waals surface area contributed by atoms with Crippen molar-refractivity contribution in [3.63, 3.8) is 0 Å². The minimum Gasteiger partial charge on any atom is -0.399 e. The molecule has 0 bridgehead atoms. The van der Waals surface area contributed by atoms with Crippen molar-refractivity contribution >= 4 is 17.4 Å². The molecule has 0 aliphatic rings. The monoisotopic (exact) mass is 217 g/mol. The number of anilines is 1. The van der Waals surface area contributed by atoms with Gasteiger partial charge in [0.15, 0.2) is 0 Å². The van der Waals surface area contributed by atoms with Gasteiger partial charge < -0.3 is 5.73 Å². The van der Waals surface area contributed by atoms with E-state index in [2.05, 4.69) is 10.2 Å². The maximum atomic E-state index is 5.61. The molecule has 1 aromatic carbocycles. The van der Waals surface area contributed by atoms with E-state index in [1.807, 2.05) is 37.3 Å². The minimum atomic E-state index is 0.773. The van der Waals surface area contributed by atoms with Gasteiger partial charge in [-0.05, 0) is 42.8 Å². The number of rotatable bonds is 2. The molecule has 76 valence electrons. The van der Waals surface area contributed by atoms with Crippen LogP contribution in [0.5, 0.6) is 0 Å². The number of hydrogen-bond donors (Lipinski definition) is 1. The summed E-state index contributed by atoms with van der Waals surface area (Å²) >= 11 is 1.58. The van der Waals surface area contributed by atoms with Gasteiger partial charge in [0.25, 0.3) is 0 Å². The molecule has 0 aliphatic heterocycles. The zero-order chi connectivity index (χ0) is 10.7. The SMILES string of the molecule is Cc1cnnc(Sc2ccc(N)cc2)c1. The third kappa shape index (κ3) is 2.70. The molecule has 2 N–H and O–H groups in total. The average Bonchev–Trinajstić information content (AvgIpc) is 2.22. The molecule has 0 spiro atoms. The van der Waals surface area contributed by atoms with Gasteiger partial charge in [0.2, 0.25) is 0 Å². The van der Waals surface area contributed by atoms with Crippen LogP contribution in [0, 0.1) is 6.92 Å². The highest BCUT2D eigenvalue weighted by Gasteiger charge is 1.99. The normalized spacial score (nSPS) is 10.2. The molecular weight excluding hydrogens is 206 g/mol. The summed E-state index contributed by atoms with van der Waals surface area (Å²) in [5.74, 6) is 0. The maximum Gasteiger partial charge on any atom is 0.124 e. The van der Waals surface area contributed by atoms with Gasteiger partial charge in [-0.3, -0.25) is 0 Å². The Morgan fingerprint density at radius 2 is 1.93 bits per heavy atom. The lowest BCUT2D eigenvalue weighted by molar-refractivity contribution is 0.916. The molecule has 4 heteroatoms.